The molecule has 1 aliphatic carbocycles. The van der Waals surface area contributed by atoms with E-state index in [0.29, 0.717) is 12.1 Å². The summed E-state index contributed by atoms with van der Waals surface area (Å²) in [6.45, 7) is 2.19. The van der Waals surface area contributed by atoms with Gasteiger partial charge >= 0.3 is 0 Å². The Bertz CT molecular complexity index is 633. The van der Waals surface area contributed by atoms with Crippen LogP contribution in [0.3, 0.4) is 0 Å². The largest absolute Gasteiger partial charge is 0.326 e. The molecule has 3 heteroatoms. The summed E-state index contributed by atoms with van der Waals surface area (Å²) in [4.78, 5) is 14.4. The van der Waals surface area contributed by atoms with Crippen molar-refractivity contribution in [1.82, 2.24) is 10.3 Å². The number of hydrogen-bond donors (Lipinski definition) is 2. The maximum Gasteiger partial charge on any atom is 0.248 e. The van der Waals surface area contributed by atoms with Crippen molar-refractivity contribution in [3.63, 3.8) is 0 Å². The predicted octanol–water partition coefficient (Wildman–Crippen LogP) is 3.10. The van der Waals surface area contributed by atoms with Gasteiger partial charge in [0.2, 0.25) is 5.56 Å². The molecule has 1 aromatic carbocycles. The minimum absolute atomic E-state index is 0.000470. The Hall–Kier alpha value is -1.87. The van der Waals surface area contributed by atoms with Gasteiger partial charge in [0.1, 0.15) is 0 Å². The highest BCUT2D eigenvalue weighted by Gasteiger charge is 2.22. The van der Waals surface area contributed by atoms with Crippen molar-refractivity contribution in [2.24, 2.45) is 0 Å². The molecule has 1 heterocycles. The Labute approximate surface area is 119 Å². The fraction of sp³-hybridized carbons (Fsp3) is 0.353. The van der Waals surface area contributed by atoms with E-state index < -0.39 is 0 Å². The van der Waals surface area contributed by atoms with Crippen LogP contribution in [0.1, 0.15) is 48.7 Å². The summed E-state index contributed by atoms with van der Waals surface area (Å²) in [5.74, 6) is 0. The van der Waals surface area contributed by atoms with Crippen LogP contribution in [-0.2, 0) is 6.42 Å². The smallest absolute Gasteiger partial charge is 0.248 e. The third kappa shape index (κ3) is 2.68. The average molecular weight is 268 g/mol. The van der Waals surface area contributed by atoms with Crippen LogP contribution in [0.4, 0.5) is 0 Å². The lowest BCUT2D eigenvalue weighted by molar-refractivity contribution is 0.411. The first-order valence-electron chi connectivity index (χ1n) is 7.27. The zero-order valence-corrected chi connectivity index (χ0v) is 11.7. The molecule has 104 valence electrons. The van der Waals surface area contributed by atoms with Crippen molar-refractivity contribution in [2.45, 2.75) is 38.3 Å². The topological polar surface area (TPSA) is 44.9 Å². The van der Waals surface area contributed by atoms with E-state index in [9.17, 15) is 4.79 Å². The fourth-order valence-electron chi connectivity index (χ4n) is 3.01. The van der Waals surface area contributed by atoms with Crippen molar-refractivity contribution in [3.8, 4) is 0 Å². The molecule has 0 saturated heterocycles. The lowest BCUT2D eigenvalue weighted by Gasteiger charge is -2.29. The summed E-state index contributed by atoms with van der Waals surface area (Å²) in [6.07, 6.45) is 3.21. The molecule has 1 unspecified atom stereocenters. The number of fused-ring (bicyclic) bond motifs is 1. The summed E-state index contributed by atoms with van der Waals surface area (Å²) in [7, 11) is 0. The molecule has 1 aromatic heterocycles. The van der Waals surface area contributed by atoms with Crippen LogP contribution in [0.2, 0.25) is 0 Å². The first-order valence-corrected chi connectivity index (χ1v) is 7.27. The Kier molecular flexibility index (Phi) is 3.70. The third-order valence-corrected chi connectivity index (χ3v) is 4.08. The third-order valence-electron chi connectivity index (χ3n) is 4.08. The summed E-state index contributed by atoms with van der Waals surface area (Å²) in [6, 6.07) is 14.7. The summed E-state index contributed by atoms with van der Waals surface area (Å²) < 4.78 is 0. The number of aromatic amines is 1. The first-order chi connectivity index (χ1) is 9.74. The Morgan fingerprint density at radius 2 is 2.00 bits per heavy atom. The zero-order valence-electron chi connectivity index (χ0n) is 11.7. The van der Waals surface area contributed by atoms with Gasteiger partial charge in [-0.2, -0.15) is 0 Å². The van der Waals surface area contributed by atoms with E-state index in [1.807, 2.05) is 12.1 Å². The van der Waals surface area contributed by atoms with Crippen LogP contribution in [0.15, 0.2) is 47.3 Å². The molecule has 0 amide bonds. The van der Waals surface area contributed by atoms with Crippen molar-refractivity contribution in [3.05, 3.63) is 69.6 Å². The number of aromatic nitrogens is 1. The van der Waals surface area contributed by atoms with E-state index in [0.717, 1.165) is 25.0 Å². The highest BCUT2D eigenvalue weighted by atomic mass is 16.1. The lowest BCUT2D eigenvalue weighted by atomic mass is 9.90. The van der Waals surface area contributed by atoms with Crippen molar-refractivity contribution in [1.29, 1.82) is 0 Å². The molecule has 1 aliphatic rings. The predicted molar refractivity (Wildman–Crippen MR) is 80.7 cm³/mol. The molecule has 0 radical (unpaired) electrons. The second-order valence-corrected chi connectivity index (χ2v) is 5.50. The number of nitrogens with one attached hydrogen (secondary N) is 2. The molecule has 20 heavy (non-hydrogen) atoms. The number of pyridine rings is 1. The van der Waals surface area contributed by atoms with Gasteiger partial charge in [-0.1, -0.05) is 36.4 Å². The van der Waals surface area contributed by atoms with Gasteiger partial charge in [-0.05, 0) is 37.3 Å². The quantitative estimate of drug-likeness (QED) is 0.898. The van der Waals surface area contributed by atoms with Gasteiger partial charge in [0, 0.05) is 23.8 Å². The normalized spacial score (nSPS) is 19.4. The summed E-state index contributed by atoms with van der Waals surface area (Å²) in [5, 5.41) is 3.69. The molecule has 0 fully saturated rings. The minimum Gasteiger partial charge on any atom is -0.326 e. The molecular formula is C17H20N2O. The molecule has 2 N–H and O–H groups in total. The van der Waals surface area contributed by atoms with Crippen LogP contribution >= 0.6 is 0 Å². The molecule has 3 nitrogen and oxygen atoms in total. The fourth-order valence-corrected chi connectivity index (χ4v) is 3.01. The molecule has 3 rings (SSSR count). The average Bonchev–Trinajstić information content (AvgIpc) is 2.48. The van der Waals surface area contributed by atoms with Gasteiger partial charge in [0.05, 0.1) is 0 Å². The number of rotatable bonds is 3. The van der Waals surface area contributed by atoms with E-state index >= 15 is 0 Å². The van der Waals surface area contributed by atoms with Crippen LogP contribution in [0, 0.1) is 0 Å². The number of hydrogen-bond acceptors (Lipinski definition) is 2. The molecule has 0 aliphatic heterocycles. The van der Waals surface area contributed by atoms with E-state index in [-0.39, 0.29) is 5.56 Å². The Balaban J connectivity index is 1.81. The molecule has 2 aromatic rings. The van der Waals surface area contributed by atoms with E-state index in [4.69, 9.17) is 0 Å². The van der Waals surface area contributed by atoms with Crippen LogP contribution in [0.25, 0.3) is 0 Å². The van der Waals surface area contributed by atoms with E-state index in [1.54, 1.807) is 6.07 Å². The maximum atomic E-state index is 11.4. The molecular weight excluding hydrogens is 248 g/mol. The zero-order chi connectivity index (χ0) is 13.9. The van der Waals surface area contributed by atoms with Crippen molar-refractivity contribution in [2.75, 3.05) is 0 Å². The monoisotopic (exact) mass is 268 g/mol. The van der Waals surface area contributed by atoms with Crippen LogP contribution in [0.5, 0.6) is 0 Å². The first kappa shape index (κ1) is 13.1. The number of aryl methyl sites for hydroxylation is 1. The standard InChI is InChI=1S/C17H20N2O/c1-12(13-6-3-2-4-7-13)18-15-8-5-9-16-14(15)10-11-17(20)19-16/h2-4,6-7,10-12,15,18H,5,8-9H2,1H3,(H,19,20)/t12-,15?/m0/s1. The number of H-pyrrole nitrogens is 1. The summed E-state index contributed by atoms with van der Waals surface area (Å²) >= 11 is 0. The van der Waals surface area contributed by atoms with Gasteiger partial charge in [-0.25, -0.2) is 0 Å². The highest BCUT2D eigenvalue weighted by Crippen LogP contribution is 2.29. The van der Waals surface area contributed by atoms with E-state index in [1.165, 1.54) is 11.1 Å². The molecule has 0 spiro atoms. The maximum absolute atomic E-state index is 11.4. The van der Waals surface area contributed by atoms with Crippen molar-refractivity contribution < 1.29 is 0 Å². The van der Waals surface area contributed by atoms with Crippen molar-refractivity contribution >= 4 is 0 Å². The van der Waals surface area contributed by atoms with Gasteiger partial charge < -0.3 is 10.3 Å². The highest BCUT2D eigenvalue weighted by molar-refractivity contribution is 5.27. The molecule has 0 saturated carbocycles. The Morgan fingerprint density at radius 3 is 2.80 bits per heavy atom. The van der Waals surface area contributed by atoms with Gasteiger partial charge in [-0.15, -0.1) is 0 Å². The minimum atomic E-state index is 0.000470. The van der Waals surface area contributed by atoms with E-state index in [2.05, 4.69) is 41.5 Å². The van der Waals surface area contributed by atoms with Crippen LogP contribution in [-0.4, -0.2) is 4.98 Å². The lowest BCUT2D eigenvalue weighted by Crippen LogP contribution is -2.29. The number of benzene rings is 1. The van der Waals surface area contributed by atoms with Gasteiger partial charge in [-0.3, -0.25) is 4.79 Å². The molecule has 0 bridgehead atoms. The SMILES string of the molecule is C[C@H](NC1CCCc2[nH]c(=O)ccc21)c1ccccc1. The second kappa shape index (κ2) is 5.63. The van der Waals surface area contributed by atoms with Gasteiger partial charge in [0.15, 0.2) is 0 Å². The summed E-state index contributed by atoms with van der Waals surface area (Å²) in [5.41, 5.74) is 3.64. The second-order valence-electron chi connectivity index (χ2n) is 5.50. The molecule has 2 atom stereocenters. The Morgan fingerprint density at radius 1 is 1.20 bits per heavy atom. The van der Waals surface area contributed by atoms with Gasteiger partial charge in [0.25, 0.3) is 0 Å². The van der Waals surface area contributed by atoms with Crippen LogP contribution < -0.4 is 10.9 Å².